The molecule has 0 N–H and O–H groups in total. The molecule has 1 aromatic carbocycles. The van der Waals surface area contributed by atoms with Gasteiger partial charge in [0.25, 0.3) is 0 Å². The molecule has 0 spiro atoms. The Morgan fingerprint density at radius 1 is 1.22 bits per heavy atom. The van der Waals surface area contributed by atoms with Crippen molar-refractivity contribution in [1.29, 1.82) is 0 Å². The van der Waals surface area contributed by atoms with Gasteiger partial charge in [-0.2, -0.15) is 0 Å². The molecule has 1 aromatic heterocycles. The molecule has 0 fully saturated rings. The van der Waals surface area contributed by atoms with Crippen LogP contribution < -0.4 is 0 Å². The van der Waals surface area contributed by atoms with Crippen molar-refractivity contribution in [3.63, 3.8) is 0 Å². The van der Waals surface area contributed by atoms with Gasteiger partial charge >= 0.3 is 17.6 Å². The average Bonchev–Trinajstić information content (AvgIpc) is 2.53. The largest absolute Gasteiger partial charge is 0.468 e. The minimum absolute atomic E-state index is 0.204. The smallest absolute Gasteiger partial charge is 0.324 e. The fraction of sp³-hybridized carbons (Fsp3) is 0.214. The quantitative estimate of drug-likeness (QED) is 0.276. The van der Waals surface area contributed by atoms with E-state index in [-0.39, 0.29) is 10.9 Å². The highest BCUT2D eigenvalue weighted by Gasteiger charge is 2.39. The first-order valence-corrected chi connectivity index (χ1v) is 6.68. The van der Waals surface area contributed by atoms with Gasteiger partial charge in [0, 0.05) is 5.39 Å². The Morgan fingerprint density at radius 3 is 2.30 bits per heavy atom. The molecule has 1 heterocycles. The Balaban J connectivity index is 2.93. The van der Waals surface area contributed by atoms with Crippen molar-refractivity contribution in [2.45, 2.75) is 5.92 Å². The van der Waals surface area contributed by atoms with Crippen molar-refractivity contribution in [2.24, 2.45) is 0 Å². The van der Waals surface area contributed by atoms with E-state index in [0.29, 0.717) is 5.52 Å². The highest BCUT2D eigenvalue weighted by Crippen LogP contribution is 2.38. The number of hydrogen-bond acceptors (Lipinski definition) is 7. The number of carbonyl (C=O) groups excluding carboxylic acids is 2. The molecule has 23 heavy (non-hydrogen) atoms. The molecule has 0 saturated carbocycles. The van der Waals surface area contributed by atoms with Crippen LogP contribution in [0, 0.1) is 10.1 Å². The molecule has 2 aromatic rings. The van der Waals surface area contributed by atoms with E-state index in [9.17, 15) is 19.7 Å². The number of methoxy groups -OCH3 is 2. The van der Waals surface area contributed by atoms with Crippen LogP contribution >= 0.6 is 11.6 Å². The number of halogens is 1. The number of fused-ring (bicyclic) bond motifs is 1. The molecule has 0 saturated heterocycles. The van der Waals surface area contributed by atoms with Gasteiger partial charge in [0.05, 0.1) is 30.2 Å². The zero-order chi connectivity index (χ0) is 17.1. The van der Waals surface area contributed by atoms with Gasteiger partial charge in [0.15, 0.2) is 5.92 Å². The minimum atomic E-state index is -1.64. The summed E-state index contributed by atoms with van der Waals surface area (Å²) >= 11 is 5.89. The van der Waals surface area contributed by atoms with E-state index >= 15 is 0 Å². The third-order valence-electron chi connectivity index (χ3n) is 3.21. The summed E-state index contributed by atoms with van der Waals surface area (Å²) in [5.41, 5.74) is -0.536. The summed E-state index contributed by atoms with van der Waals surface area (Å²) < 4.78 is 9.17. The number of rotatable bonds is 4. The molecule has 0 atom stereocenters. The maximum absolute atomic E-state index is 12.0. The number of ether oxygens (including phenoxy) is 2. The van der Waals surface area contributed by atoms with Gasteiger partial charge in [0.2, 0.25) is 5.15 Å². The summed E-state index contributed by atoms with van der Waals surface area (Å²) in [5.74, 6) is -3.63. The molecule has 0 radical (unpaired) electrons. The predicted octanol–water partition coefficient (Wildman–Crippen LogP) is 2.23. The van der Waals surface area contributed by atoms with Crippen LogP contribution in [0.2, 0.25) is 5.15 Å². The fourth-order valence-electron chi connectivity index (χ4n) is 2.23. The van der Waals surface area contributed by atoms with Crippen LogP contribution in [0.4, 0.5) is 5.69 Å². The Morgan fingerprint density at radius 2 is 1.78 bits per heavy atom. The summed E-state index contributed by atoms with van der Waals surface area (Å²) in [5, 5.41) is 11.2. The van der Waals surface area contributed by atoms with E-state index < -0.39 is 33.6 Å². The number of para-hydroxylation sites is 1. The van der Waals surface area contributed by atoms with Crippen LogP contribution in [-0.2, 0) is 19.1 Å². The van der Waals surface area contributed by atoms with E-state index in [4.69, 9.17) is 11.6 Å². The molecule has 120 valence electrons. The second kappa shape index (κ2) is 6.57. The Hall–Kier alpha value is -2.74. The number of benzene rings is 1. The van der Waals surface area contributed by atoms with Crippen LogP contribution in [0.25, 0.3) is 10.9 Å². The minimum Gasteiger partial charge on any atom is -0.468 e. The van der Waals surface area contributed by atoms with Crippen molar-refractivity contribution in [3.05, 3.63) is 45.1 Å². The normalized spacial score (nSPS) is 10.6. The van der Waals surface area contributed by atoms with Gasteiger partial charge in [-0.1, -0.05) is 29.8 Å². The van der Waals surface area contributed by atoms with Crippen LogP contribution in [0.5, 0.6) is 0 Å². The van der Waals surface area contributed by atoms with E-state index in [1.54, 1.807) is 18.2 Å². The number of nitro groups is 1. The van der Waals surface area contributed by atoms with E-state index in [1.807, 2.05) is 0 Å². The lowest BCUT2D eigenvalue weighted by Crippen LogP contribution is -2.25. The monoisotopic (exact) mass is 338 g/mol. The molecule has 0 aliphatic carbocycles. The van der Waals surface area contributed by atoms with Crippen molar-refractivity contribution < 1.29 is 24.0 Å². The highest BCUT2D eigenvalue weighted by molar-refractivity contribution is 6.32. The van der Waals surface area contributed by atoms with Gasteiger partial charge in [-0.3, -0.25) is 19.7 Å². The zero-order valence-electron chi connectivity index (χ0n) is 12.1. The number of carbonyl (C=O) groups is 2. The number of esters is 2. The van der Waals surface area contributed by atoms with E-state index in [2.05, 4.69) is 14.5 Å². The lowest BCUT2D eigenvalue weighted by atomic mass is 9.94. The van der Waals surface area contributed by atoms with Crippen molar-refractivity contribution >= 4 is 40.1 Å². The lowest BCUT2D eigenvalue weighted by Gasteiger charge is -2.15. The van der Waals surface area contributed by atoms with E-state index in [0.717, 1.165) is 14.2 Å². The van der Waals surface area contributed by atoms with Crippen LogP contribution in [0.1, 0.15) is 11.5 Å². The van der Waals surface area contributed by atoms with Crippen molar-refractivity contribution in [1.82, 2.24) is 4.98 Å². The third kappa shape index (κ3) is 2.93. The van der Waals surface area contributed by atoms with Crippen molar-refractivity contribution in [2.75, 3.05) is 14.2 Å². The average molecular weight is 339 g/mol. The van der Waals surface area contributed by atoms with Gasteiger partial charge in [-0.25, -0.2) is 4.98 Å². The second-order valence-electron chi connectivity index (χ2n) is 4.42. The van der Waals surface area contributed by atoms with Gasteiger partial charge < -0.3 is 9.47 Å². The summed E-state index contributed by atoms with van der Waals surface area (Å²) in [6.45, 7) is 0. The van der Waals surface area contributed by atoms with Crippen LogP contribution in [0.3, 0.4) is 0 Å². The maximum Gasteiger partial charge on any atom is 0.324 e. The molecular weight excluding hydrogens is 328 g/mol. The van der Waals surface area contributed by atoms with Gasteiger partial charge in [-0.15, -0.1) is 0 Å². The van der Waals surface area contributed by atoms with Gasteiger partial charge in [-0.05, 0) is 6.07 Å². The van der Waals surface area contributed by atoms with Crippen LogP contribution in [-0.4, -0.2) is 36.1 Å². The van der Waals surface area contributed by atoms with Crippen molar-refractivity contribution in [3.8, 4) is 0 Å². The number of nitrogens with zero attached hydrogens (tertiary/aromatic N) is 2. The first-order chi connectivity index (χ1) is 10.9. The molecule has 9 heteroatoms. The predicted molar refractivity (Wildman–Crippen MR) is 80.2 cm³/mol. The SMILES string of the molecule is COC(=O)C(C(=O)OC)c1c([N+](=O)[O-])c(Cl)nc2ccccc12. The fourth-order valence-corrected chi connectivity index (χ4v) is 2.49. The number of hydrogen-bond donors (Lipinski definition) is 0. The molecule has 2 rings (SSSR count). The first-order valence-electron chi connectivity index (χ1n) is 6.30. The Labute approximate surface area is 135 Å². The molecule has 0 aliphatic rings. The Kier molecular flexibility index (Phi) is 4.75. The zero-order valence-corrected chi connectivity index (χ0v) is 12.9. The van der Waals surface area contributed by atoms with Gasteiger partial charge in [0.1, 0.15) is 0 Å². The second-order valence-corrected chi connectivity index (χ2v) is 4.78. The highest BCUT2D eigenvalue weighted by atomic mass is 35.5. The topological polar surface area (TPSA) is 109 Å². The molecule has 0 unspecified atom stereocenters. The molecule has 0 aliphatic heterocycles. The standard InChI is InChI=1S/C14H11ClN2O6/c1-22-13(18)10(14(19)23-2)9-7-5-3-4-6-8(7)16-12(15)11(9)17(20)21/h3-6,10H,1-2H3. The molecule has 0 amide bonds. The summed E-state index contributed by atoms with van der Waals surface area (Å²) in [6.07, 6.45) is 0. The van der Waals surface area contributed by atoms with Crippen LogP contribution in [0.15, 0.2) is 24.3 Å². The summed E-state index contributed by atoms with van der Waals surface area (Å²) in [7, 11) is 2.13. The summed E-state index contributed by atoms with van der Waals surface area (Å²) in [4.78, 5) is 38.6. The lowest BCUT2D eigenvalue weighted by molar-refractivity contribution is -0.385. The summed E-state index contributed by atoms with van der Waals surface area (Å²) in [6, 6.07) is 6.29. The number of aromatic nitrogens is 1. The van der Waals surface area contributed by atoms with E-state index in [1.165, 1.54) is 6.07 Å². The third-order valence-corrected chi connectivity index (χ3v) is 3.47. The number of pyridine rings is 1. The first kappa shape index (κ1) is 16.6. The molecule has 8 nitrogen and oxygen atoms in total. The molecule has 0 bridgehead atoms. The molecular formula is C14H11ClN2O6. The maximum atomic E-state index is 12.0. The Bertz CT molecular complexity index is 791.